The average Bonchev–Trinajstić information content (AvgIpc) is 2.86. The van der Waals surface area contributed by atoms with Crippen LogP contribution in [0.1, 0.15) is 34.2 Å². The molecule has 0 spiro atoms. The largest absolute Gasteiger partial charge is 0.494 e. The molecule has 1 heterocycles. The van der Waals surface area contributed by atoms with Gasteiger partial charge in [0.1, 0.15) is 5.75 Å². The lowest BCUT2D eigenvalue weighted by molar-refractivity contribution is 0.101. The monoisotopic (exact) mass is 244 g/mol. The second kappa shape index (κ2) is 5.08. The molecule has 18 heavy (non-hydrogen) atoms. The molecule has 1 aromatic heterocycles. The summed E-state index contributed by atoms with van der Waals surface area (Å²) in [5.41, 5.74) is 2.51. The summed E-state index contributed by atoms with van der Waals surface area (Å²) in [6.45, 7) is 6.39. The first-order chi connectivity index (χ1) is 8.63. The summed E-state index contributed by atoms with van der Waals surface area (Å²) < 4.78 is 10.6. The molecule has 1 aromatic carbocycles. The van der Waals surface area contributed by atoms with Gasteiger partial charge in [0.25, 0.3) is 0 Å². The van der Waals surface area contributed by atoms with Gasteiger partial charge in [-0.15, -0.1) is 0 Å². The molecule has 2 rings (SSSR count). The van der Waals surface area contributed by atoms with E-state index in [1.165, 1.54) is 6.26 Å². The molecule has 2 aromatic rings. The number of aryl methyl sites for hydroxylation is 2. The molecule has 0 atom stereocenters. The van der Waals surface area contributed by atoms with Crippen molar-refractivity contribution in [2.75, 3.05) is 6.61 Å². The van der Waals surface area contributed by atoms with Crippen LogP contribution in [0.25, 0.3) is 0 Å². The fourth-order valence-electron chi connectivity index (χ4n) is 1.89. The van der Waals surface area contributed by atoms with Gasteiger partial charge in [0, 0.05) is 5.56 Å². The van der Waals surface area contributed by atoms with E-state index >= 15 is 0 Å². The normalized spacial score (nSPS) is 10.4. The minimum atomic E-state index is -0.0938. The number of hydrogen-bond donors (Lipinski definition) is 0. The van der Waals surface area contributed by atoms with Crippen LogP contribution in [0.3, 0.4) is 0 Å². The van der Waals surface area contributed by atoms with Crippen molar-refractivity contribution in [1.82, 2.24) is 0 Å². The Bertz CT molecular complexity index is 553. The first kappa shape index (κ1) is 12.4. The minimum absolute atomic E-state index is 0.0938. The Morgan fingerprint density at radius 1 is 1.28 bits per heavy atom. The molecule has 0 bridgehead atoms. The quantitative estimate of drug-likeness (QED) is 0.772. The Morgan fingerprint density at radius 2 is 2.06 bits per heavy atom. The van der Waals surface area contributed by atoms with Crippen LogP contribution in [-0.2, 0) is 0 Å². The van der Waals surface area contributed by atoms with Gasteiger partial charge >= 0.3 is 0 Å². The van der Waals surface area contributed by atoms with Crippen molar-refractivity contribution in [2.24, 2.45) is 0 Å². The van der Waals surface area contributed by atoms with Crippen LogP contribution in [0.15, 0.2) is 34.9 Å². The van der Waals surface area contributed by atoms with Crippen molar-refractivity contribution >= 4 is 5.78 Å². The van der Waals surface area contributed by atoms with Crippen LogP contribution < -0.4 is 4.74 Å². The molecule has 0 aliphatic heterocycles. The molecule has 0 unspecified atom stereocenters. The molecular formula is C15H16O3. The predicted molar refractivity (Wildman–Crippen MR) is 69.2 cm³/mol. The standard InChI is InChI=1S/C15H16O3/c1-4-17-14-9-10(2)12(8-11(14)3)15(16)13-6-5-7-18-13/h5-9H,4H2,1-3H3. The van der Waals surface area contributed by atoms with E-state index in [4.69, 9.17) is 9.15 Å². The zero-order valence-electron chi connectivity index (χ0n) is 10.8. The second-order valence-electron chi connectivity index (χ2n) is 4.17. The van der Waals surface area contributed by atoms with Crippen LogP contribution in [-0.4, -0.2) is 12.4 Å². The molecule has 0 amide bonds. The van der Waals surface area contributed by atoms with E-state index in [2.05, 4.69) is 0 Å². The van der Waals surface area contributed by atoms with Gasteiger partial charge in [-0.25, -0.2) is 0 Å². The number of furan rings is 1. The third kappa shape index (κ3) is 2.30. The number of hydrogen-bond acceptors (Lipinski definition) is 3. The van der Waals surface area contributed by atoms with Crippen molar-refractivity contribution in [2.45, 2.75) is 20.8 Å². The van der Waals surface area contributed by atoms with Crippen LogP contribution >= 0.6 is 0 Å². The summed E-state index contributed by atoms with van der Waals surface area (Å²) in [6.07, 6.45) is 1.50. The number of ether oxygens (including phenoxy) is 1. The predicted octanol–water partition coefficient (Wildman–Crippen LogP) is 3.53. The highest BCUT2D eigenvalue weighted by Crippen LogP contribution is 2.24. The van der Waals surface area contributed by atoms with Crippen LogP contribution in [0.2, 0.25) is 0 Å². The lowest BCUT2D eigenvalue weighted by Gasteiger charge is -2.11. The summed E-state index contributed by atoms with van der Waals surface area (Å²) in [5.74, 6) is 1.09. The molecular weight excluding hydrogens is 228 g/mol. The first-order valence-electron chi connectivity index (χ1n) is 5.95. The Hall–Kier alpha value is -2.03. The van der Waals surface area contributed by atoms with Crippen LogP contribution in [0.4, 0.5) is 0 Å². The molecule has 0 fully saturated rings. The third-order valence-electron chi connectivity index (χ3n) is 2.81. The zero-order valence-corrected chi connectivity index (χ0v) is 10.8. The average molecular weight is 244 g/mol. The van der Waals surface area contributed by atoms with E-state index in [9.17, 15) is 4.79 Å². The maximum atomic E-state index is 12.2. The Labute approximate surface area is 106 Å². The Balaban J connectivity index is 2.40. The maximum absolute atomic E-state index is 12.2. The smallest absolute Gasteiger partial charge is 0.228 e. The first-order valence-corrected chi connectivity index (χ1v) is 5.95. The van der Waals surface area contributed by atoms with Crippen LogP contribution in [0.5, 0.6) is 5.75 Å². The van der Waals surface area contributed by atoms with Gasteiger partial charge in [0.2, 0.25) is 5.78 Å². The SMILES string of the molecule is CCOc1cc(C)c(C(=O)c2ccco2)cc1C. The molecule has 3 nitrogen and oxygen atoms in total. The van der Waals surface area contributed by atoms with Gasteiger partial charge < -0.3 is 9.15 Å². The van der Waals surface area contributed by atoms with E-state index in [-0.39, 0.29) is 5.78 Å². The van der Waals surface area contributed by atoms with Gasteiger partial charge in [-0.3, -0.25) is 4.79 Å². The van der Waals surface area contributed by atoms with Crippen molar-refractivity contribution in [3.63, 3.8) is 0 Å². The number of carbonyl (C=O) groups is 1. The van der Waals surface area contributed by atoms with E-state index in [1.807, 2.05) is 32.9 Å². The second-order valence-corrected chi connectivity index (χ2v) is 4.17. The van der Waals surface area contributed by atoms with Crippen molar-refractivity contribution in [3.05, 3.63) is 53.0 Å². The maximum Gasteiger partial charge on any atom is 0.228 e. The molecule has 94 valence electrons. The molecule has 0 aliphatic rings. The molecule has 0 radical (unpaired) electrons. The molecule has 0 N–H and O–H groups in total. The van der Waals surface area contributed by atoms with E-state index in [0.717, 1.165) is 16.9 Å². The fourth-order valence-corrected chi connectivity index (χ4v) is 1.89. The summed E-state index contributed by atoms with van der Waals surface area (Å²) in [7, 11) is 0. The lowest BCUT2D eigenvalue weighted by Crippen LogP contribution is -2.04. The highest BCUT2D eigenvalue weighted by atomic mass is 16.5. The van der Waals surface area contributed by atoms with E-state index in [1.54, 1.807) is 12.1 Å². The fraction of sp³-hybridized carbons (Fsp3) is 0.267. The summed E-state index contributed by atoms with van der Waals surface area (Å²) in [4.78, 5) is 12.2. The summed E-state index contributed by atoms with van der Waals surface area (Å²) >= 11 is 0. The zero-order chi connectivity index (χ0) is 13.1. The van der Waals surface area contributed by atoms with Gasteiger partial charge in [-0.2, -0.15) is 0 Å². The van der Waals surface area contributed by atoms with Gasteiger partial charge in [0.15, 0.2) is 5.76 Å². The lowest BCUT2D eigenvalue weighted by atomic mass is 10.00. The highest BCUT2D eigenvalue weighted by molar-refractivity contribution is 6.08. The van der Waals surface area contributed by atoms with Crippen molar-refractivity contribution in [3.8, 4) is 5.75 Å². The molecule has 3 heteroatoms. The highest BCUT2D eigenvalue weighted by Gasteiger charge is 2.16. The summed E-state index contributed by atoms with van der Waals surface area (Å²) in [5, 5.41) is 0. The minimum Gasteiger partial charge on any atom is -0.494 e. The topological polar surface area (TPSA) is 39.4 Å². The molecule has 0 aliphatic carbocycles. The third-order valence-corrected chi connectivity index (χ3v) is 2.81. The van der Waals surface area contributed by atoms with Gasteiger partial charge in [-0.05, 0) is 56.2 Å². The number of ketones is 1. The van der Waals surface area contributed by atoms with E-state index in [0.29, 0.717) is 17.9 Å². The Kier molecular flexibility index (Phi) is 3.51. The molecule has 0 saturated heterocycles. The molecule has 0 saturated carbocycles. The number of rotatable bonds is 4. The van der Waals surface area contributed by atoms with Gasteiger partial charge in [-0.1, -0.05) is 0 Å². The number of benzene rings is 1. The van der Waals surface area contributed by atoms with Crippen molar-refractivity contribution in [1.29, 1.82) is 0 Å². The Morgan fingerprint density at radius 3 is 2.67 bits per heavy atom. The van der Waals surface area contributed by atoms with Gasteiger partial charge in [0.05, 0.1) is 12.9 Å². The van der Waals surface area contributed by atoms with Crippen LogP contribution in [0, 0.1) is 13.8 Å². The van der Waals surface area contributed by atoms with Crippen molar-refractivity contribution < 1.29 is 13.9 Å². The van der Waals surface area contributed by atoms with E-state index < -0.39 is 0 Å². The summed E-state index contributed by atoms with van der Waals surface area (Å²) in [6, 6.07) is 7.14. The number of carbonyl (C=O) groups excluding carboxylic acids is 1.